The van der Waals surface area contributed by atoms with Gasteiger partial charge in [-0.1, -0.05) is 0 Å². The van der Waals surface area contributed by atoms with Crippen molar-refractivity contribution in [3.8, 4) is 0 Å². The molecular formula is C23H44N6O9. The first-order chi connectivity index (χ1) is 17.9. The Kier molecular flexibility index (Phi) is 10.8. The van der Waals surface area contributed by atoms with Gasteiger partial charge in [-0.3, -0.25) is 4.79 Å². The van der Waals surface area contributed by atoms with E-state index in [9.17, 15) is 25.2 Å². The number of ether oxygens (including phenoxy) is 4. The van der Waals surface area contributed by atoms with Crippen molar-refractivity contribution < 1.29 is 44.2 Å². The van der Waals surface area contributed by atoms with Crippen LogP contribution in [0.1, 0.15) is 26.2 Å². The van der Waals surface area contributed by atoms with Gasteiger partial charge in [0.2, 0.25) is 12.2 Å². The molecule has 14 N–H and O–H groups in total. The summed E-state index contributed by atoms with van der Waals surface area (Å²) in [6.07, 6.45) is -6.30. The van der Waals surface area contributed by atoms with E-state index in [2.05, 4.69) is 10.6 Å². The molecule has 1 saturated carbocycles. The van der Waals surface area contributed by atoms with Crippen LogP contribution in [0.15, 0.2) is 11.8 Å². The average Bonchev–Trinajstić information content (AvgIpc) is 2.86. The largest absolute Gasteiger partial charge is 0.467 e. The Balaban J connectivity index is 1.82. The number of carbonyl (C=O) groups is 1. The molecule has 2 fully saturated rings. The first-order valence-electron chi connectivity index (χ1n) is 12.9. The maximum atomic E-state index is 12.6. The molecule has 38 heavy (non-hydrogen) atoms. The Labute approximate surface area is 221 Å². The topological polar surface area (TPSA) is 263 Å². The fourth-order valence-corrected chi connectivity index (χ4v) is 5.10. The van der Waals surface area contributed by atoms with E-state index in [0.29, 0.717) is 12.2 Å². The standard InChI is InChI=1S/C23H44N6O9/c1-23(34)9-35-22(16(32)19(23)28-2)38-18-13(29-20(33)14(30)5-6-24)7-12(27)17(15(18)31)37-21-11(26)4-3-10(8-25)36-21/h3,11-19,21-22,28,30-32,34H,4-9,24-27H2,1-2H3,(H,29,33)/t11-,12+,13-,14+,15+,16-,17-,18+,19-,21-,22-,23+/m1/s1. The first kappa shape index (κ1) is 31.1. The van der Waals surface area contributed by atoms with Crippen LogP contribution in [-0.4, -0.2) is 126 Å². The Morgan fingerprint density at radius 3 is 2.50 bits per heavy atom. The molecule has 0 unspecified atom stereocenters. The molecule has 15 heteroatoms. The number of hydrogen-bond acceptors (Lipinski definition) is 14. The van der Waals surface area contributed by atoms with Crippen molar-refractivity contribution in [3.63, 3.8) is 0 Å². The van der Waals surface area contributed by atoms with Crippen LogP contribution in [0.2, 0.25) is 0 Å². The van der Waals surface area contributed by atoms with Gasteiger partial charge in [-0.25, -0.2) is 0 Å². The van der Waals surface area contributed by atoms with Crippen molar-refractivity contribution in [3.05, 3.63) is 11.8 Å². The zero-order valence-electron chi connectivity index (χ0n) is 21.8. The van der Waals surface area contributed by atoms with E-state index in [1.807, 2.05) is 0 Å². The fraction of sp³-hybridized carbons (Fsp3) is 0.870. The van der Waals surface area contributed by atoms with Crippen LogP contribution in [0.25, 0.3) is 0 Å². The molecule has 0 bridgehead atoms. The lowest BCUT2D eigenvalue weighted by molar-refractivity contribution is -0.304. The summed E-state index contributed by atoms with van der Waals surface area (Å²) in [5, 5.41) is 48.5. The summed E-state index contributed by atoms with van der Waals surface area (Å²) in [6.45, 7) is 1.56. The minimum Gasteiger partial charge on any atom is -0.467 e. The monoisotopic (exact) mass is 548 g/mol. The third-order valence-corrected chi connectivity index (χ3v) is 7.25. The van der Waals surface area contributed by atoms with Crippen LogP contribution < -0.4 is 33.6 Å². The normalized spacial score (nSPS) is 42.6. The van der Waals surface area contributed by atoms with E-state index < -0.39 is 78.8 Å². The van der Waals surface area contributed by atoms with Gasteiger partial charge >= 0.3 is 0 Å². The van der Waals surface area contributed by atoms with Crippen LogP contribution in [0.4, 0.5) is 0 Å². The van der Waals surface area contributed by atoms with E-state index >= 15 is 0 Å². The SMILES string of the molecule is CN[C@@H]1[C@@H](O)[C@@H](O[C@@H]2[C@@H](O)[C@H](O[C@H]3OC(CN)=CC[C@H]3N)[C@@H](N)C[C@H]2NC(=O)[C@@H](O)CCN)OC[C@]1(C)O. The molecule has 1 aliphatic carbocycles. The summed E-state index contributed by atoms with van der Waals surface area (Å²) in [7, 11) is 1.57. The molecule has 0 aromatic heterocycles. The van der Waals surface area contributed by atoms with Crippen LogP contribution in [0, 0.1) is 0 Å². The van der Waals surface area contributed by atoms with Crippen molar-refractivity contribution >= 4 is 5.91 Å². The van der Waals surface area contributed by atoms with Gasteiger partial charge in [-0.05, 0) is 45.9 Å². The Hall–Kier alpha value is -1.47. The maximum absolute atomic E-state index is 12.6. The van der Waals surface area contributed by atoms with E-state index in [0.717, 1.165) is 0 Å². The molecule has 0 aromatic carbocycles. The van der Waals surface area contributed by atoms with Crippen LogP contribution in [0.3, 0.4) is 0 Å². The van der Waals surface area contributed by atoms with Crippen LogP contribution in [0.5, 0.6) is 0 Å². The van der Waals surface area contributed by atoms with Gasteiger partial charge in [0, 0.05) is 6.04 Å². The van der Waals surface area contributed by atoms with Crippen molar-refractivity contribution in [1.29, 1.82) is 0 Å². The van der Waals surface area contributed by atoms with Gasteiger partial charge in [-0.15, -0.1) is 0 Å². The molecule has 2 heterocycles. The molecule has 3 rings (SSSR count). The molecule has 2 aliphatic heterocycles. The molecule has 1 saturated heterocycles. The second-order valence-electron chi connectivity index (χ2n) is 10.4. The van der Waals surface area contributed by atoms with Crippen LogP contribution in [-0.2, 0) is 23.7 Å². The highest BCUT2D eigenvalue weighted by Crippen LogP contribution is 2.32. The van der Waals surface area contributed by atoms with E-state index in [1.54, 1.807) is 13.1 Å². The number of nitrogens with two attached hydrogens (primary N) is 4. The van der Waals surface area contributed by atoms with E-state index in [1.165, 1.54) is 6.92 Å². The van der Waals surface area contributed by atoms with E-state index in [4.69, 9.17) is 41.9 Å². The van der Waals surface area contributed by atoms with Gasteiger partial charge in [-0.2, -0.15) is 0 Å². The molecule has 15 nitrogen and oxygen atoms in total. The van der Waals surface area contributed by atoms with E-state index in [-0.39, 0.29) is 32.5 Å². The second kappa shape index (κ2) is 13.3. The number of rotatable bonds is 10. The number of hydrogen-bond donors (Lipinski definition) is 10. The smallest absolute Gasteiger partial charge is 0.249 e. The fourth-order valence-electron chi connectivity index (χ4n) is 5.10. The lowest BCUT2D eigenvalue weighted by Gasteiger charge is -2.48. The summed E-state index contributed by atoms with van der Waals surface area (Å²) >= 11 is 0. The lowest BCUT2D eigenvalue weighted by atomic mass is 9.83. The molecule has 12 atom stereocenters. The van der Waals surface area contributed by atoms with Crippen molar-refractivity contribution in [2.75, 3.05) is 26.7 Å². The molecule has 0 spiro atoms. The minimum atomic E-state index is -1.44. The molecule has 3 aliphatic rings. The highest BCUT2D eigenvalue weighted by molar-refractivity contribution is 5.80. The summed E-state index contributed by atoms with van der Waals surface area (Å²) < 4.78 is 23.4. The highest BCUT2D eigenvalue weighted by atomic mass is 16.7. The van der Waals surface area contributed by atoms with Gasteiger partial charge in [0.1, 0.15) is 41.9 Å². The molecule has 0 aromatic rings. The third kappa shape index (κ3) is 6.99. The van der Waals surface area contributed by atoms with Crippen molar-refractivity contribution in [2.45, 2.75) is 99.1 Å². The van der Waals surface area contributed by atoms with Gasteiger partial charge in [0.05, 0.1) is 31.3 Å². The summed E-state index contributed by atoms with van der Waals surface area (Å²) in [4.78, 5) is 12.6. The number of aliphatic hydroxyl groups is 4. The van der Waals surface area contributed by atoms with Crippen molar-refractivity contribution in [2.24, 2.45) is 22.9 Å². The number of amides is 1. The summed E-state index contributed by atoms with van der Waals surface area (Å²) in [5.74, 6) is -0.226. The third-order valence-electron chi connectivity index (χ3n) is 7.25. The predicted octanol–water partition coefficient (Wildman–Crippen LogP) is -4.98. The number of likely N-dealkylation sites (N-methyl/N-ethyl adjacent to an activating group) is 1. The zero-order valence-corrected chi connectivity index (χ0v) is 21.8. The molecule has 1 amide bonds. The minimum absolute atomic E-state index is 0.0295. The number of aliphatic hydroxyl groups excluding tert-OH is 3. The molecule has 220 valence electrons. The molecule has 0 radical (unpaired) electrons. The Morgan fingerprint density at radius 1 is 1.18 bits per heavy atom. The zero-order chi connectivity index (χ0) is 28.2. The summed E-state index contributed by atoms with van der Waals surface area (Å²) in [6, 6.07) is -3.06. The quantitative estimate of drug-likeness (QED) is 0.123. The predicted molar refractivity (Wildman–Crippen MR) is 134 cm³/mol. The van der Waals surface area contributed by atoms with Gasteiger partial charge < -0.3 is 72.9 Å². The maximum Gasteiger partial charge on any atom is 0.249 e. The molecular weight excluding hydrogens is 504 g/mol. The van der Waals surface area contributed by atoms with Crippen LogP contribution >= 0.6 is 0 Å². The van der Waals surface area contributed by atoms with Gasteiger partial charge in [0.25, 0.3) is 0 Å². The Bertz CT molecular complexity index is 820. The summed E-state index contributed by atoms with van der Waals surface area (Å²) in [5.41, 5.74) is 22.3. The van der Waals surface area contributed by atoms with Crippen molar-refractivity contribution in [1.82, 2.24) is 10.6 Å². The first-order valence-corrected chi connectivity index (χ1v) is 12.9. The number of nitrogens with one attached hydrogen (secondary N) is 2. The Morgan fingerprint density at radius 2 is 1.87 bits per heavy atom. The highest BCUT2D eigenvalue weighted by Gasteiger charge is 2.51. The van der Waals surface area contributed by atoms with Gasteiger partial charge in [0.15, 0.2) is 6.29 Å². The second-order valence-corrected chi connectivity index (χ2v) is 10.4. The lowest BCUT2D eigenvalue weighted by Crippen LogP contribution is -2.69. The number of carbonyl (C=O) groups excluding carboxylic acids is 1. The average molecular weight is 549 g/mol.